The molecule has 0 aliphatic carbocycles. The molecule has 4 N–H and O–H groups in total. The van der Waals surface area contributed by atoms with E-state index in [4.69, 9.17) is 10.2 Å². The van der Waals surface area contributed by atoms with E-state index in [0.717, 1.165) is 0 Å². The summed E-state index contributed by atoms with van der Waals surface area (Å²) >= 11 is 0. The minimum atomic E-state index is -1.31. The van der Waals surface area contributed by atoms with Gasteiger partial charge in [0, 0.05) is 6.54 Å². The smallest absolute Gasteiger partial charge is 1.00 e. The third kappa shape index (κ3) is 7.19. The van der Waals surface area contributed by atoms with Crippen molar-refractivity contribution in [2.45, 2.75) is 6.10 Å². The summed E-state index contributed by atoms with van der Waals surface area (Å²) in [6.07, 6.45) is 0.256. The Morgan fingerprint density at radius 3 is 2.57 bits per heavy atom. The number of carboxylic acid groups (broad SMARTS) is 1. The summed E-state index contributed by atoms with van der Waals surface area (Å²) in [5, 5.41) is 17.2. The van der Waals surface area contributed by atoms with Gasteiger partial charge in [-0.05, 0) is 0 Å². The average Bonchev–Trinajstić information content (AvgIpc) is 2.39. The largest absolute Gasteiger partial charge is 1.00 e. The number of β-amino-alcohol motifs (C(OH)–C–C–N with tert-alkyl or cyclic N) is 1. The fourth-order valence-electron chi connectivity index (χ4n) is 0.856. The van der Waals surface area contributed by atoms with Crippen molar-refractivity contribution in [2.24, 2.45) is 4.99 Å². The molecular weight excluding hydrogens is 210 g/mol. The van der Waals surface area contributed by atoms with Gasteiger partial charge in [-0.25, -0.2) is 4.79 Å². The molecule has 1 atom stereocenters. The molecule has 74 valence electrons. The third-order valence-electron chi connectivity index (χ3n) is 1.45. The van der Waals surface area contributed by atoms with Gasteiger partial charge in [-0.3, -0.25) is 4.99 Å². The zero-order valence-electron chi connectivity index (χ0n) is 10.5. The Hall–Kier alpha value is 0.860. The van der Waals surface area contributed by atoms with Crippen molar-refractivity contribution in [3.63, 3.8) is 0 Å². The van der Waals surface area contributed by atoms with E-state index in [1.165, 1.54) is 0 Å². The number of aliphatic carboxylic acids is 1. The summed E-state index contributed by atoms with van der Waals surface area (Å²) in [5.41, 5.74) is 0. The van der Waals surface area contributed by atoms with E-state index in [-0.39, 0.29) is 74.0 Å². The zero-order chi connectivity index (χ0) is 8.27. The summed E-state index contributed by atoms with van der Waals surface area (Å²) in [7, 11) is 0. The van der Waals surface area contributed by atoms with E-state index in [1.54, 1.807) is 11.2 Å². The Morgan fingerprint density at radius 1 is 1.64 bits per heavy atom. The summed E-state index contributed by atoms with van der Waals surface area (Å²) in [5.74, 6) is -1.19. The Balaban J connectivity index is -0.0000000807. The predicted molar refractivity (Wildman–Crippen MR) is 44.4 cm³/mol. The quantitative estimate of drug-likeness (QED) is 0.464. The standard InChI is InChI=1S/C6H10N2O3.2Na.H2O.2H/c9-5(6(10)11)3-8-2-1-7-4-8;;;;;/h4-5,9H,1-3H2,(H,10,11);;;1H2;;/q;2*+1;;2*-1. The van der Waals surface area contributed by atoms with Crippen LogP contribution in [-0.2, 0) is 4.79 Å². The van der Waals surface area contributed by atoms with Crippen LogP contribution in [0, 0.1) is 0 Å². The maximum absolute atomic E-state index is 10.2. The number of hydrogen-bond acceptors (Lipinski definition) is 4. The number of rotatable bonds is 3. The van der Waals surface area contributed by atoms with Gasteiger partial charge in [0.2, 0.25) is 0 Å². The molecular formula is C6H14N2Na2O4. The monoisotopic (exact) mass is 224 g/mol. The van der Waals surface area contributed by atoms with Gasteiger partial charge in [-0.1, -0.05) is 0 Å². The number of nitrogens with zero attached hydrogens (tertiary/aromatic N) is 2. The zero-order valence-corrected chi connectivity index (χ0v) is 12.5. The molecule has 6 nitrogen and oxygen atoms in total. The molecule has 0 aromatic heterocycles. The molecule has 1 aliphatic rings. The maximum atomic E-state index is 10.2. The van der Waals surface area contributed by atoms with Crippen LogP contribution in [0.2, 0.25) is 0 Å². The first kappa shape index (κ1) is 20.3. The molecule has 0 saturated heterocycles. The molecule has 0 amide bonds. The van der Waals surface area contributed by atoms with Crippen LogP contribution in [0.5, 0.6) is 0 Å². The van der Waals surface area contributed by atoms with E-state index >= 15 is 0 Å². The Labute approximate surface area is 129 Å². The summed E-state index contributed by atoms with van der Waals surface area (Å²) in [6.45, 7) is 1.51. The first-order chi connectivity index (χ1) is 5.20. The van der Waals surface area contributed by atoms with Crippen molar-refractivity contribution in [1.82, 2.24) is 4.90 Å². The van der Waals surface area contributed by atoms with Gasteiger partial charge in [0.05, 0.1) is 19.4 Å². The number of carbonyl (C=O) groups is 1. The van der Waals surface area contributed by atoms with Crippen LogP contribution in [-0.4, -0.2) is 58.6 Å². The van der Waals surface area contributed by atoms with Crippen molar-refractivity contribution in [1.29, 1.82) is 0 Å². The van der Waals surface area contributed by atoms with Crippen LogP contribution in [0.25, 0.3) is 0 Å². The molecule has 0 spiro atoms. The Morgan fingerprint density at radius 2 is 2.21 bits per heavy atom. The second kappa shape index (κ2) is 10.4. The number of aliphatic imine (C=N–C) groups is 1. The van der Waals surface area contributed by atoms with E-state index in [0.29, 0.717) is 13.1 Å². The normalized spacial score (nSPS) is 14.8. The molecule has 8 heteroatoms. The maximum Gasteiger partial charge on any atom is 1.00 e. The number of carboxylic acids is 1. The first-order valence-corrected chi connectivity index (χ1v) is 3.35. The van der Waals surface area contributed by atoms with E-state index in [2.05, 4.69) is 4.99 Å². The number of hydrogen-bond donors (Lipinski definition) is 2. The minimum absolute atomic E-state index is 0. The van der Waals surface area contributed by atoms with Crippen LogP contribution >= 0.6 is 0 Å². The molecule has 0 radical (unpaired) electrons. The molecule has 1 heterocycles. The minimum Gasteiger partial charge on any atom is -1.00 e. The third-order valence-corrected chi connectivity index (χ3v) is 1.45. The number of aliphatic hydroxyl groups excluding tert-OH is 1. The van der Waals surface area contributed by atoms with Crippen LogP contribution in [0.1, 0.15) is 2.85 Å². The van der Waals surface area contributed by atoms with E-state index in [9.17, 15) is 4.79 Å². The molecule has 0 aromatic carbocycles. The molecule has 0 saturated carbocycles. The van der Waals surface area contributed by atoms with Gasteiger partial charge >= 0.3 is 65.1 Å². The fourth-order valence-corrected chi connectivity index (χ4v) is 0.856. The van der Waals surface area contributed by atoms with Crippen molar-refractivity contribution >= 4 is 12.3 Å². The van der Waals surface area contributed by atoms with Gasteiger partial charge < -0.3 is 23.4 Å². The van der Waals surface area contributed by atoms with Gasteiger partial charge in [0.15, 0.2) is 6.10 Å². The van der Waals surface area contributed by atoms with Gasteiger partial charge in [0.1, 0.15) is 0 Å². The number of aliphatic hydroxyl groups is 1. The SMILES string of the molecule is O.O=C(O)C(O)CN1C=NCC1.[H-].[H-].[Na+].[Na+]. The summed E-state index contributed by atoms with van der Waals surface area (Å²) < 4.78 is 0. The van der Waals surface area contributed by atoms with Crippen LogP contribution in [0.3, 0.4) is 0 Å². The van der Waals surface area contributed by atoms with E-state index in [1.807, 2.05) is 0 Å². The van der Waals surface area contributed by atoms with E-state index < -0.39 is 12.1 Å². The average molecular weight is 224 g/mol. The van der Waals surface area contributed by atoms with Crippen LogP contribution in [0.4, 0.5) is 0 Å². The van der Waals surface area contributed by atoms with Crippen molar-refractivity contribution < 1.29 is 82.5 Å². The first-order valence-electron chi connectivity index (χ1n) is 3.35. The van der Waals surface area contributed by atoms with Crippen molar-refractivity contribution in [3.05, 3.63) is 0 Å². The summed E-state index contributed by atoms with van der Waals surface area (Å²) in [4.78, 5) is 15.7. The molecule has 1 aliphatic heterocycles. The van der Waals surface area contributed by atoms with Gasteiger partial charge in [-0.2, -0.15) is 0 Å². The second-order valence-electron chi connectivity index (χ2n) is 2.37. The molecule has 0 bridgehead atoms. The second-order valence-corrected chi connectivity index (χ2v) is 2.37. The molecule has 14 heavy (non-hydrogen) atoms. The van der Waals surface area contributed by atoms with Crippen molar-refractivity contribution in [2.75, 3.05) is 19.6 Å². The summed E-state index contributed by atoms with van der Waals surface area (Å²) in [6, 6.07) is 0. The molecule has 0 aromatic rings. The van der Waals surface area contributed by atoms with Crippen molar-refractivity contribution in [3.8, 4) is 0 Å². The van der Waals surface area contributed by atoms with Gasteiger partial charge in [-0.15, -0.1) is 0 Å². The molecule has 1 unspecified atom stereocenters. The topological polar surface area (TPSA) is 105 Å². The Bertz CT molecular complexity index is 199. The fraction of sp³-hybridized carbons (Fsp3) is 0.667. The van der Waals surface area contributed by atoms with Crippen LogP contribution < -0.4 is 59.1 Å². The molecule has 0 fully saturated rings. The predicted octanol–water partition coefficient (Wildman–Crippen LogP) is -7.82. The van der Waals surface area contributed by atoms with Gasteiger partial charge in [0.25, 0.3) is 0 Å². The molecule has 1 rings (SSSR count). The van der Waals surface area contributed by atoms with Crippen LogP contribution in [0.15, 0.2) is 4.99 Å². The Kier molecular flexibility index (Phi) is 15.0.